The molecule has 24 heavy (non-hydrogen) atoms. The van der Waals surface area contributed by atoms with Gasteiger partial charge in [-0.1, -0.05) is 25.1 Å². The SMILES string of the molecule is CCc1cccc(C)c1NC(=O)c1ccnc(NCCCOC)c1. The summed E-state index contributed by atoms with van der Waals surface area (Å²) in [4.78, 5) is 16.8. The zero-order valence-electron chi connectivity index (χ0n) is 14.6. The number of nitrogens with one attached hydrogen (secondary N) is 2. The molecule has 0 fully saturated rings. The predicted molar refractivity (Wildman–Crippen MR) is 97.7 cm³/mol. The Morgan fingerprint density at radius 3 is 2.88 bits per heavy atom. The number of para-hydroxylation sites is 1. The molecule has 2 aromatic rings. The summed E-state index contributed by atoms with van der Waals surface area (Å²) in [6.45, 7) is 5.53. The van der Waals surface area contributed by atoms with Crippen LogP contribution in [0.25, 0.3) is 0 Å². The number of anilines is 2. The minimum absolute atomic E-state index is 0.124. The summed E-state index contributed by atoms with van der Waals surface area (Å²) in [5.41, 5.74) is 3.69. The quantitative estimate of drug-likeness (QED) is 0.726. The van der Waals surface area contributed by atoms with Crippen LogP contribution in [0.15, 0.2) is 36.5 Å². The first-order chi connectivity index (χ1) is 11.7. The Balaban J connectivity index is 2.08. The van der Waals surface area contributed by atoms with Gasteiger partial charge in [0.15, 0.2) is 0 Å². The maximum Gasteiger partial charge on any atom is 0.255 e. The van der Waals surface area contributed by atoms with Crippen molar-refractivity contribution in [2.45, 2.75) is 26.7 Å². The third-order valence-electron chi connectivity index (χ3n) is 3.83. The largest absolute Gasteiger partial charge is 0.385 e. The molecule has 2 rings (SSSR count). The number of carbonyl (C=O) groups is 1. The van der Waals surface area contributed by atoms with E-state index in [1.807, 2.05) is 25.1 Å². The molecule has 0 unspecified atom stereocenters. The van der Waals surface area contributed by atoms with E-state index in [9.17, 15) is 4.79 Å². The number of amides is 1. The van der Waals surface area contributed by atoms with Crippen molar-refractivity contribution >= 4 is 17.4 Å². The van der Waals surface area contributed by atoms with E-state index in [0.717, 1.165) is 36.2 Å². The van der Waals surface area contributed by atoms with Gasteiger partial charge in [-0.3, -0.25) is 4.79 Å². The molecule has 1 amide bonds. The molecular formula is C19H25N3O2. The van der Waals surface area contributed by atoms with E-state index in [1.54, 1.807) is 25.4 Å². The Morgan fingerprint density at radius 2 is 2.12 bits per heavy atom. The van der Waals surface area contributed by atoms with Crippen molar-refractivity contribution in [3.05, 3.63) is 53.2 Å². The van der Waals surface area contributed by atoms with E-state index in [0.29, 0.717) is 18.0 Å². The highest BCUT2D eigenvalue weighted by atomic mass is 16.5. The van der Waals surface area contributed by atoms with Gasteiger partial charge in [-0.25, -0.2) is 4.98 Å². The molecule has 0 aliphatic carbocycles. The molecule has 0 bridgehead atoms. The second-order valence-corrected chi connectivity index (χ2v) is 5.62. The number of aromatic nitrogens is 1. The van der Waals surface area contributed by atoms with Crippen LogP contribution >= 0.6 is 0 Å². The fourth-order valence-electron chi connectivity index (χ4n) is 2.49. The number of carbonyl (C=O) groups excluding carboxylic acids is 1. The van der Waals surface area contributed by atoms with Crippen LogP contribution in [-0.2, 0) is 11.2 Å². The normalized spacial score (nSPS) is 10.5. The van der Waals surface area contributed by atoms with Crippen LogP contribution in [0.3, 0.4) is 0 Å². The van der Waals surface area contributed by atoms with Gasteiger partial charge in [0, 0.05) is 37.7 Å². The summed E-state index contributed by atoms with van der Waals surface area (Å²) < 4.78 is 5.02. The number of ether oxygens (including phenoxy) is 1. The van der Waals surface area contributed by atoms with Crippen LogP contribution < -0.4 is 10.6 Å². The number of nitrogens with zero attached hydrogens (tertiary/aromatic N) is 1. The Kier molecular flexibility index (Phi) is 6.75. The van der Waals surface area contributed by atoms with Gasteiger partial charge >= 0.3 is 0 Å². The molecule has 0 aliphatic rings. The van der Waals surface area contributed by atoms with E-state index in [-0.39, 0.29) is 5.91 Å². The molecule has 5 heteroatoms. The molecule has 0 radical (unpaired) electrons. The highest BCUT2D eigenvalue weighted by Crippen LogP contribution is 2.22. The van der Waals surface area contributed by atoms with E-state index in [1.165, 1.54) is 0 Å². The molecule has 2 N–H and O–H groups in total. The van der Waals surface area contributed by atoms with Crippen molar-refractivity contribution in [3.63, 3.8) is 0 Å². The summed E-state index contributed by atoms with van der Waals surface area (Å²) in [5.74, 6) is 0.570. The summed E-state index contributed by atoms with van der Waals surface area (Å²) in [6, 6.07) is 9.55. The lowest BCUT2D eigenvalue weighted by Crippen LogP contribution is -2.15. The zero-order chi connectivity index (χ0) is 17.4. The Bertz CT molecular complexity index is 686. The number of hydrogen-bond donors (Lipinski definition) is 2. The minimum Gasteiger partial charge on any atom is -0.385 e. The number of aryl methyl sites for hydroxylation is 2. The van der Waals surface area contributed by atoms with Gasteiger partial charge in [0.1, 0.15) is 5.82 Å². The van der Waals surface area contributed by atoms with Gasteiger partial charge in [0.2, 0.25) is 0 Å². The average molecular weight is 327 g/mol. The first kappa shape index (κ1) is 17.9. The first-order valence-corrected chi connectivity index (χ1v) is 8.24. The van der Waals surface area contributed by atoms with Crippen LogP contribution in [0.1, 0.15) is 34.8 Å². The molecule has 0 saturated heterocycles. The standard InChI is InChI=1S/C19H25N3O2/c1-4-15-8-5-7-14(2)18(15)22-19(23)16-9-11-21-17(13-16)20-10-6-12-24-3/h5,7-9,11,13H,4,6,10,12H2,1-3H3,(H,20,21)(H,22,23). The van der Waals surface area contributed by atoms with E-state index in [4.69, 9.17) is 4.74 Å². The maximum absolute atomic E-state index is 12.6. The fraction of sp³-hybridized carbons (Fsp3) is 0.368. The summed E-state index contributed by atoms with van der Waals surface area (Å²) in [6.07, 6.45) is 3.41. The Hall–Kier alpha value is -2.40. The van der Waals surface area contributed by atoms with Crippen molar-refractivity contribution in [2.24, 2.45) is 0 Å². The molecule has 0 spiro atoms. The lowest BCUT2D eigenvalue weighted by Gasteiger charge is -2.13. The minimum atomic E-state index is -0.124. The van der Waals surface area contributed by atoms with Gasteiger partial charge in [-0.15, -0.1) is 0 Å². The molecule has 0 saturated carbocycles. The fourth-order valence-corrected chi connectivity index (χ4v) is 2.49. The van der Waals surface area contributed by atoms with Gasteiger partial charge in [-0.05, 0) is 43.0 Å². The van der Waals surface area contributed by atoms with Crippen LogP contribution in [0, 0.1) is 6.92 Å². The van der Waals surface area contributed by atoms with Gasteiger partial charge in [-0.2, -0.15) is 0 Å². The summed E-state index contributed by atoms with van der Waals surface area (Å²) in [7, 11) is 1.68. The average Bonchev–Trinajstić information content (AvgIpc) is 2.60. The van der Waals surface area contributed by atoms with E-state index >= 15 is 0 Å². The lowest BCUT2D eigenvalue weighted by atomic mass is 10.1. The molecule has 1 aromatic carbocycles. The number of hydrogen-bond acceptors (Lipinski definition) is 4. The van der Waals surface area contributed by atoms with Crippen molar-refractivity contribution < 1.29 is 9.53 Å². The monoisotopic (exact) mass is 327 g/mol. The summed E-state index contributed by atoms with van der Waals surface area (Å²) >= 11 is 0. The van der Waals surface area contributed by atoms with Crippen LogP contribution in [0.5, 0.6) is 0 Å². The van der Waals surface area contributed by atoms with Crippen molar-refractivity contribution in [3.8, 4) is 0 Å². The highest BCUT2D eigenvalue weighted by molar-refractivity contribution is 6.05. The smallest absolute Gasteiger partial charge is 0.255 e. The molecule has 1 aromatic heterocycles. The molecule has 1 heterocycles. The molecule has 0 aliphatic heterocycles. The summed E-state index contributed by atoms with van der Waals surface area (Å²) in [5, 5.41) is 6.24. The van der Waals surface area contributed by atoms with Crippen LogP contribution in [0.2, 0.25) is 0 Å². The topological polar surface area (TPSA) is 63.2 Å². The number of rotatable bonds is 8. The third-order valence-corrected chi connectivity index (χ3v) is 3.83. The molecule has 128 valence electrons. The Morgan fingerprint density at radius 1 is 1.29 bits per heavy atom. The van der Waals surface area contributed by atoms with Crippen LogP contribution in [-0.4, -0.2) is 31.2 Å². The molecule has 5 nitrogen and oxygen atoms in total. The maximum atomic E-state index is 12.6. The number of pyridine rings is 1. The van der Waals surface area contributed by atoms with E-state index in [2.05, 4.69) is 22.5 Å². The molecular weight excluding hydrogens is 302 g/mol. The van der Waals surface area contributed by atoms with Gasteiger partial charge in [0.25, 0.3) is 5.91 Å². The second-order valence-electron chi connectivity index (χ2n) is 5.62. The van der Waals surface area contributed by atoms with Crippen molar-refractivity contribution in [1.82, 2.24) is 4.98 Å². The lowest BCUT2D eigenvalue weighted by molar-refractivity contribution is 0.102. The Labute approximate surface area is 143 Å². The third kappa shape index (κ3) is 4.80. The first-order valence-electron chi connectivity index (χ1n) is 8.24. The van der Waals surface area contributed by atoms with Gasteiger partial charge in [0.05, 0.1) is 0 Å². The number of benzene rings is 1. The van der Waals surface area contributed by atoms with Crippen molar-refractivity contribution in [2.75, 3.05) is 30.9 Å². The van der Waals surface area contributed by atoms with Crippen LogP contribution in [0.4, 0.5) is 11.5 Å². The number of methoxy groups -OCH3 is 1. The highest BCUT2D eigenvalue weighted by Gasteiger charge is 2.11. The predicted octanol–water partition coefficient (Wildman–Crippen LogP) is 3.65. The van der Waals surface area contributed by atoms with Gasteiger partial charge < -0.3 is 15.4 Å². The second kappa shape index (κ2) is 9.03. The van der Waals surface area contributed by atoms with Crippen molar-refractivity contribution in [1.29, 1.82) is 0 Å². The van der Waals surface area contributed by atoms with E-state index < -0.39 is 0 Å². The zero-order valence-corrected chi connectivity index (χ0v) is 14.6. The molecule has 0 atom stereocenters.